The Hall–Kier alpha value is -2.61. The Bertz CT molecular complexity index is 824. The first-order valence-corrected chi connectivity index (χ1v) is 9.33. The van der Waals surface area contributed by atoms with E-state index in [0.29, 0.717) is 17.8 Å². The summed E-state index contributed by atoms with van der Waals surface area (Å²) in [5.74, 6) is -0.745. The molecule has 0 saturated carbocycles. The minimum absolute atomic E-state index is 0.0189. The van der Waals surface area contributed by atoms with Crippen LogP contribution in [0.4, 0.5) is 5.69 Å². The van der Waals surface area contributed by atoms with E-state index in [4.69, 9.17) is 15.9 Å². The number of hydrogen-bond acceptors (Lipinski definition) is 10. The van der Waals surface area contributed by atoms with E-state index in [9.17, 15) is 24.9 Å². The third-order valence-corrected chi connectivity index (χ3v) is 4.99. The van der Waals surface area contributed by atoms with Crippen LogP contribution in [0.1, 0.15) is 31.2 Å². The van der Waals surface area contributed by atoms with Crippen molar-refractivity contribution in [2.75, 3.05) is 31.6 Å². The van der Waals surface area contributed by atoms with Gasteiger partial charge in [-0.25, -0.2) is 0 Å². The average molecular weight is 411 g/mol. The molecule has 160 valence electrons. The van der Waals surface area contributed by atoms with E-state index in [1.165, 1.54) is 0 Å². The summed E-state index contributed by atoms with van der Waals surface area (Å²) in [5.41, 5.74) is 4.11. The second-order valence-corrected chi connectivity index (χ2v) is 7.01. The second kappa shape index (κ2) is 8.82. The molecule has 13 nitrogen and oxygen atoms in total. The third kappa shape index (κ3) is 4.22. The van der Waals surface area contributed by atoms with Gasteiger partial charge in [-0.05, 0) is 19.3 Å². The highest BCUT2D eigenvalue weighted by molar-refractivity contribution is 5.99. The zero-order chi connectivity index (χ0) is 21.1. The maximum Gasteiger partial charge on any atom is 0.296 e. The van der Waals surface area contributed by atoms with Crippen LogP contribution in [0, 0.1) is 5.41 Å². The number of piperidine rings is 1. The van der Waals surface area contributed by atoms with Crippen LogP contribution in [0.5, 0.6) is 0 Å². The van der Waals surface area contributed by atoms with E-state index in [2.05, 4.69) is 15.6 Å². The molecule has 1 aromatic rings. The highest BCUT2D eigenvalue weighted by atomic mass is 16.6. The Labute approximate surface area is 165 Å². The summed E-state index contributed by atoms with van der Waals surface area (Å²) in [6.45, 7) is 0.319. The lowest BCUT2D eigenvalue weighted by Crippen LogP contribution is -2.42. The molecule has 2 fully saturated rings. The van der Waals surface area contributed by atoms with Crippen LogP contribution in [0.25, 0.3) is 0 Å². The van der Waals surface area contributed by atoms with Crippen molar-refractivity contribution >= 4 is 17.4 Å². The van der Waals surface area contributed by atoms with E-state index in [1.807, 2.05) is 0 Å². The second-order valence-electron chi connectivity index (χ2n) is 7.01. The minimum atomic E-state index is -1.53. The Morgan fingerprint density at radius 2 is 1.97 bits per heavy atom. The molecule has 0 bridgehead atoms. The van der Waals surface area contributed by atoms with Gasteiger partial charge in [-0.15, -0.1) is 5.10 Å². The topological polar surface area (TPSA) is 200 Å². The zero-order valence-electron chi connectivity index (χ0n) is 15.7. The van der Waals surface area contributed by atoms with Gasteiger partial charge in [-0.3, -0.25) is 15.0 Å². The van der Waals surface area contributed by atoms with Gasteiger partial charge in [0.2, 0.25) is 5.91 Å². The number of aliphatic hydroxyl groups excluding tert-OH is 3. The van der Waals surface area contributed by atoms with Gasteiger partial charge in [-0.1, -0.05) is 5.21 Å². The molecule has 4 unspecified atom stereocenters. The molecule has 1 amide bonds. The number of carbonyl (C=O) groups is 1. The first kappa shape index (κ1) is 21.1. The SMILES string of the molecule is N=C(c1nnn(C2OC(CO)C(O)C2O)c(=O)c1NCC(N)=O)N1CCCCC1. The van der Waals surface area contributed by atoms with Gasteiger partial charge in [0.05, 0.1) is 13.2 Å². The standard InChI is InChI=1S/C16H25N7O6/c17-9(25)6-19-11-10(14(18)22-4-2-1-3-5-22)20-21-23(15(11)28)16-13(27)12(26)8(7-24)29-16/h8,12-13,16,18-19,24,26-27H,1-7H2,(H2,17,25). The lowest BCUT2D eigenvalue weighted by Gasteiger charge is -2.29. The molecule has 4 atom stereocenters. The summed E-state index contributed by atoms with van der Waals surface area (Å²) < 4.78 is 6.03. The molecular weight excluding hydrogens is 386 g/mol. The van der Waals surface area contributed by atoms with Crippen LogP contribution in [-0.2, 0) is 9.53 Å². The average Bonchev–Trinajstić information content (AvgIpc) is 3.01. The van der Waals surface area contributed by atoms with Gasteiger partial charge < -0.3 is 36.0 Å². The van der Waals surface area contributed by atoms with Crippen LogP contribution < -0.4 is 16.6 Å². The number of aromatic nitrogens is 3. The maximum absolute atomic E-state index is 13.0. The lowest BCUT2D eigenvalue weighted by atomic mass is 10.1. The number of anilines is 1. The molecule has 0 radical (unpaired) electrons. The predicted molar refractivity (Wildman–Crippen MR) is 99.2 cm³/mol. The molecule has 0 aromatic carbocycles. The quantitative estimate of drug-likeness (QED) is 0.206. The van der Waals surface area contributed by atoms with Crippen molar-refractivity contribution in [2.24, 2.45) is 5.73 Å². The van der Waals surface area contributed by atoms with Gasteiger partial charge in [-0.2, -0.15) is 4.68 Å². The van der Waals surface area contributed by atoms with Crippen molar-refractivity contribution in [3.63, 3.8) is 0 Å². The van der Waals surface area contributed by atoms with Gasteiger partial charge >= 0.3 is 0 Å². The number of nitrogens with zero attached hydrogens (tertiary/aromatic N) is 4. The molecular formula is C16H25N7O6. The summed E-state index contributed by atoms with van der Waals surface area (Å²) in [7, 11) is 0. The number of amidine groups is 1. The van der Waals surface area contributed by atoms with Gasteiger partial charge in [0.1, 0.15) is 24.0 Å². The molecule has 3 heterocycles. The van der Waals surface area contributed by atoms with E-state index < -0.39 is 42.6 Å². The summed E-state index contributed by atoms with van der Waals surface area (Å²) in [4.78, 5) is 26.0. The fourth-order valence-corrected chi connectivity index (χ4v) is 3.42. The first-order chi connectivity index (χ1) is 13.8. The fourth-order valence-electron chi connectivity index (χ4n) is 3.42. The van der Waals surface area contributed by atoms with Crippen molar-refractivity contribution in [1.29, 1.82) is 5.41 Å². The number of nitrogens with two attached hydrogens (primary N) is 1. The largest absolute Gasteiger partial charge is 0.394 e. The molecule has 2 saturated heterocycles. The Balaban J connectivity index is 1.98. The Morgan fingerprint density at radius 1 is 1.28 bits per heavy atom. The maximum atomic E-state index is 13.0. The summed E-state index contributed by atoms with van der Waals surface area (Å²) in [6, 6.07) is 0. The molecule has 1 aromatic heterocycles. The zero-order valence-corrected chi connectivity index (χ0v) is 15.7. The highest BCUT2D eigenvalue weighted by Gasteiger charge is 2.45. The smallest absolute Gasteiger partial charge is 0.296 e. The van der Waals surface area contributed by atoms with Crippen LogP contribution in [-0.4, -0.2) is 91.5 Å². The monoisotopic (exact) mass is 411 g/mol. The predicted octanol–water partition coefficient (Wildman–Crippen LogP) is -3.04. The van der Waals surface area contributed by atoms with Gasteiger partial charge in [0, 0.05) is 13.1 Å². The highest BCUT2D eigenvalue weighted by Crippen LogP contribution is 2.28. The fraction of sp³-hybridized carbons (Fsp3) is 0.688. The molecule has 0 spiro atoms. The minimum Gasteiger partial charge on any atom is -0.394 e. The number of hydrogen-bond donors (Lipinski definition) is 6. The number of carbonyl (C=O) groups excluding carboxylic acids is 1. The van der Waals surface area contributed by atoms with Crippen LogP contribution in [0.15, 0.2) is 4.79 Å². The van der Waals surface area contributed by atoms with Crippen molar-refractivity contribution < 1.29 is 24.9 Å². The molecule has 29 heavy (non-hydrogen) atoms. The molecule has 3 rings (SSSR count). The number of likely N-dealkylation sites (tertiary alicyclic amines) is 1. The first-order valence-electron chi connectivity index (χ1n) is 9.33. The van der Waals surface area contributed by atoms with E-state index in [-0.39, 0.29) is 23.8 Å². The summed E-state index contributed by atoms with van der Waals surface area (Å²) >= 11 is 0. The number of aliphatic hydroxyl groups is 3. The number of ether oxygens (including phenoxy) is 1. The number of nitrogens with one attached hydrogen (secondary N) is 2. The summed E-state index contributed by atoms with van der Waals surface area (Å²) in [6.07, 6.45) is -2.59. The van der Waals surface area contributed by atoms with Crippen molar-refractivity contribution in [2.45, 2.75) is 43.8 Å². The normalized spacial score (nSPS) is 27.1. The Kier molecular flexibility index (Phi) is 6.42. The van der Waals surface area contributed by atoms with Crippen LogP contribution in [0.3, 0.4) is 0 Å². The molecule has 0 aliphatic carbocycles. The van der Waals surface area contributed by atoms with E-state index >= 15 is 0 Å². The third-order valence-electron chi connectivity index (χ3n) is 4.99. The van der Waals surface area contributed by atoms with Crippen molar-refractivity contribution in [3.8, 4) is 0 Å². The van der Waals surface area contributed by atoms with Crippen molar-refractivity contribution in [3.05, 3.63) is 16.0 Å². The van der Waals surface area contributed by atoms with Crippen molar-refractivity contribution in [1.82, 2.24) is 19.9 Å². The molecule has 13 heteroatoms. The van der Waals surface area contributed by atoms with Crippen LogP contribution in [0.2, 0.25) is 0 Å². The van der Waals surface area contributed by atoms with E-state index in [1.54, 1.807) is 4.90 Å². The van der Waals surface area contributed by atoms with E-state index in [0.717, 1.165) is 19.3 Å². The molecule has 2 aliphatic rings. The summed E-state index contributed by atoms with van der Waals surface area (Å²) in [5, 5.41) is 48.1. The van der Waals surface area contributed by atoms with Crippen LogP contribution >= 0.6 is 0 Å². The number of primary amides is 1. The lowest BCUT2D eigenvalue weighted by molar-refractivity contribution is -0.116. The number of amides is 1. The Morgan fingerprint density at radius 3 is 2.55 bits per heavy atom. The molecule has 2 aliphatic heterocycles. The van der Waals surface area contributed by atoms with Gasteiger partial charge in [0.25, 0.3) is 5.56 Å². The molecule has 7 N–H and O–H groups in total. The van der Waals surface area contributed by atoms with Gasteiger partial charge in [0.15, 0.2) is 17.8 Å². The number of rotatable bonds is 6.